The molecule has 6 atom stereocenters. The summed E-state index contributed by atoms with van der Waals surface area (Å²) >= 11 is 0. The van der Waals surface area contributed by atoms with Crippen molar-refractivity contribution < 1.29 is 0 Å². The van der Waals surface area contributed by atoms with Gasteiger partial charge in [0.25, 0.3) is 0 Å². The van der Waals surface area contributed by atoms with Gasteiger partial charge in [0.15, 0.2) is 0 Å². The van der Waals surface area contributed by atoms with Crippen LogP contribution in [0.5, 0.6) is 0 Å². The summed E-state index contributed by atoms with van der Waals surface area (Å²) in [5.74, 6) is 1.52. The average molecular weight is 257 g/mol. The first-order valence-electron chi connectivity index (χ1n) is 7.27. The molecule has 4 unspecified atom stereocenters. The Labute approximate surface area is 112 Å². The molecule has 2 fully saturated rings. The standard InChI is InChI=1S/C14H19N5/c1-7(15)8-2-9-12(16-5-8)18-11-4-14(9,11)13-3-10(13)19-17-6-13/h5-8,10-11,18-19H,2-4,15H2,1H3/t7?,8?,10-,11?,13-,14?/m1/s1. The number of nitrogens with two attached hydrogens (primary N) is 1. The number of hydrogen-bond acceptors (Lipinski definition) is 5. The van der Waals surface area contributed by atoms with Crippen molar-refractivity contribution in [1.82, 2.24) is 10.7 Å². The Balaban J connectivity index is 1.56. The molecule has 0 saturated heterocycles. The molecule has 0 aromatic heterocycles. The van der Waals surface area contributed by atoms with Gasteiger partial charge in [-0.25, -0.2) is 4.99 Å². The lowest BCUT2D eigenvalue weighted by Gasteiger charge is -2.28. The van der Waals surface area contributed by atoms with Gasteiger partial charge in [0.2, 0.25) is 0 Å². The highest BCUT2D eigenvalue weighted by Gasteiger charge is 2.80. The maximum absolute atomic E-state index is 6.08. The van der Waals surface area contributed by atoms with Crippen LogP contribution in [-0.4, -0.2) is 30.6 Å². The topological polar surface area (TPSA) is 74.8 Å². The van der Waals surface area contributed by atoms with Gasteiger partial charge in [-0.3, -0.25) is 0 Å². The van der Waals surface area contributed by atoms with E-state index in [0.717, 1.165) is 12.2 Å². The van der Waals surface area contributed by atoms with Crippen molar-refractivity contribution in [3.8, 4) is 0 Å². The lowest BCUT2D eigenvalue weighted by molar-refractivity contribution is 0.401. The molecule has 19 heavy (non-hydrogen) atoms. The molecule has 100 valence electrons. The molecule has 4 N–H and O–H groups in total. The zero-order chi connectivity index (χ0) is 12.8. The predicted molar refractivity (Wildman–Crippen MR) is 73.7 cm³/mol. The summed E-state index contributed by atoms with van der Waals surface area (Å²) in [6, 6.07) is 1.32. The average Bonchev–Trinajstić information content (AvgIpc) is 3.24. The van der Waals surface area contributed by atoms with Crippen LogP contribution < -0.4 is 16.5 Å². The van der Waals surface area contributed by atoms with Crippen molar-refractivity contribution in [3.63, 3.8) is 0 Å². The van der Waals surface area contributed by atoms with Gasteiger partial charge in [-0.1, -0.05) is 0 Å². The normalized spacial score (nSPS) is 53.1. The number of nitrogens with zero attached hydrogens (tertiary/aromatic N) is 2. The number of rotatable bonds is 2. The van der Waals surface area contributed by atoms with Crippen LogP contribution >= 0.6 is 0 Å². The van der Waals surface area contributed by atoms with Crippen molar-refractivity contribution >= 4 is 12.4 Å². The molecular weight excluding hydrogens is 238 g/mol. The molecule has 0 aromatic rings. The Bertz CT molecular complexity index is 562. The van der Waals surface area contributed by atoms with Gasteiger partial charge in [-0.05, 0) is 31.8 Å². The Kier molecular flexibility index (Phi) is 1.58. The van der Waals surface area contributed by atoms with Gasteiger partial charge in [-0.15, -0.1) is 0 Å². The molecule has 2 saturated carbocycles. The van der Waals surface area contributed by atoms with E-state index in [0.29, 0.717) is 23.4 Å². The molecule has 5 nitrogen and oxygen atoms in total. The molecule has 0 bridgehead atoms. The van der Waals surface area contributed by atoms with Gasteiger partial charge in [-0.2, -0.15) is 5.10 Å². The largest absolute Gasteiger partial charge is 0.366 e. The summed E-state index contributed by atoms with van der Waals surface area (Å²) in [6.45, 7) is 2.08. The third-order valence-corrected chi connectivity index (χ3v) is 5.97. The molecule has 0 spiro atoms. The fraction of sp³-hybridized carbons (Fsp3) is 0.714. The lowest BCUT2D eigenvalue weighted by atomic mass is 9.75. The van der Waals surface area contributed by atoms with Crippen LogP contribution in [0.4, 0.5) is 0 Å². The summed E-state index contributed by atoms with van der Waals surface area (Å²) in [6.07, 6.45) is 7.77. The Morgan fingerprint density at radius 2 is 2.32 bits per heavy atom. The summed E-state index contributed by atoms with van der Waals surface area (Å²) < 4.78 is 0. The highest BCUT2D eigenvalue weighted by molar-refractivity contribution is 5.80. The van der Waals surface area contributed by atoms with Gasteiger partial charge in [0, 0.05) is 41.3 Å². The smallest absolute Gasteiger partial charge is 0.125 e. The van der Waals surface area contributed by atoms with Crippen molar-refractivity contribution in [3.05, 3.63) is 11.4 Å². The summed E-state index contributed by atoms with van der Waals surface area (Å²) in [4.78, 5) is 4.64. The zero-order valence-electron chi connectivity index (χ0n) is 11.1. The van der Waals surface area contributed by atoms with Gasteiger partial charge < -0.3 is 16.5 Å². The third-order valence-electron chi connectivity index (χ3n) is 5.97. The van der Waals surface area contributed by atoms with Gasteiger partial charge in [0.1, 0.15) is 5.82 Å². The first-order chi connectivity index (χ1) is 9.17. The molecule has 0 amide bonds. The van der Waals surface area contributed by atoms with Crippen molar-refractivity contribution in [2.24, 2.45) is 32.6 Å². The Morgan fingerprint density at radius 1 is 1.42 bits per heavy atom. The van der Waals surface area contributed by atoms with Crippen LogP contribution in [0.15, 0.2) is 21.5 Å². The Hall–Kier alpha value is -1.36. The van der Waals surface area contributed by atoms with E-state index in [1.54, 1.807) is 0 Å². The maximum Gasteiger partial charge on any atom is 0.125 e. The molecule has 3 aliphatic heterocycles. The molecular formula is C14H19N5. The molecule has 3 heterocycles. The number of nitrogens with one attached hydrogen (secondary N) is 2. The summed E-state index contributed by atoms with van der Waals surface area (Å²) in [5.41, 5.74) is 11.4. The van der Waals surface area contributed by atoms with E-state index < -0.39 is 0 Å². The van der Waals surface area contributed by atoms with E-state index in [1.807, 2.05) is 6.21 Å². The molecule has 5 rings (SSSR count). The minimum absolute atomic E-state index is 0.176. The second kappa shape index (κ2) is 2.87. The van der Waals surface area contributed by atoms with E-state index in [2.05, 4.69) is 34.0 Å². The summed E-state index contributed by atoms with van der Waals surface area (Å²) in [7, 11) is 0. The first kappa shape index (κ1) is 10.4. The van der Waals surface area contributed by atoms with Gasteiger partial charge in [0.05, 0.1) is 6.04 Å². The fourth-order valence-electron chi connectivity index (χ4n) is 4.64. The van der Waals surface area contributed by atoms with Crippen LogP contribution in [0, 0.1) is 16.7 Å². The van der Waals surface area contributed by atoms with E-state index in [4.69, 9.17) is 5.73 Å². The minimum Gasteiger partial charge on any atom is -0.366 e. The quantitative estimate of drug-likeness (QED) is 0.668. The predicted octanol–water partition coefficient (Wildman–Crippen LogP) is 0.346. The van der Waals surface area contributed by atoms with E-state index >= 15 is 0 Å². The first-order valence-corrected chi connectivity index (χ1v) is 7.27. The fourth-order valence-corrected chi connectivity index (χ4v) is 4.64. The van der Waals surface area contributed by atoms with Crippen LogP contribution in [-0.2, 0) is 0 Å². The molecule has 2 aliphatic carbocycles. The highest BCUT2D eigenvalue weighted by Crippen LogP contribution is 2.76. The highest BCUT2D eigenvalue weighted by atomic mass is 15.4. The molecule has 5 aliphatic rings. The van der Waals surface area contributed by atoms with Crippen molar-refractivity contribution in [2.45, 2.75) is 44.3 Å². The number of aliphatic imine (C=N–C) groups is 1. The van der Waals surface area contributed by atoms with E-state index in [1.165, 1.54) is 18.4 Å². The van der Waals surface area contributed by atoms with E-state index in [9.17, 15) is 0 Å². The second-order valence-electron chi connectivity index (χ2n) is 6.89. The van der Waals surface area contributed by atoms with Crippen LogP contribution in [0.1, 0.15) is 26.2 Å². The Morgan fingerprint density at radius 3 is 3.00 bits per heavy atom. The summed E-state index contributed by atoms with van der Waals surface area (Å²) in [5, 5.41) is 7.92. The lowest BCUT2D eigenvalue weighted by Crippen LogP contribution is -2.33. The van der Waals surface area contributed by atoms with Gasteiger partial charge >= 0.3 is 0 Å². The zero-order valence-corrected chi connectivity index (χ0v) is 11.1. The van der Waals surface area contributed by atoms with Crippen molar-refractivity contribution in [1.29, 1.82) is 0 Å². The van der Waals surface area contributed by atoms with Crippen molar-refractivity contribution in [2.75, 3.05) is 0 Å². The molecule has 0 aromatic carbocycles. The number of hydrogen-bond donors (Lipinski definition) is 3. The second-order valence-corrected chi connectivity index (χ2v) is 6.89. The van der Waals surface area contributed by atoms with E-state index in [-0.39, 0.29) is 11.5 Å². The SMILES string of the molecule is CC(N)C1C=NC2=C(C1)C1([C@]34C=NN[C@@H]3C4)CC1N2. The van der Waals surface area contributed by atoms with Crippen LogP contribution in [0.2, 0.25) is 0 Å². The maximum atomic E-state index is 6.08. The molecule has 5 heteroatoms. The van der Waals surface area contributed by atoms with Crippen LogP contribution in [0.25, 0.3) is 0 Å². The number of hydrazone groups is 1. The monoisotopic (exact) mass is 257 g/mol. The third kappa shape index (κ3) is 1.00. The molecule has 0 radical (unpaired) electrons. The number of fused-ring (bicyclic) bond motifs is 4. The minimum atomic E-state index is 0.176. The van der Waals surface area contributed by atoms with Crippen LogP contribution in [0.3, 0.4) is 0 Å².